The minimum atomic E-state index is -0.803. The van der Waals surface area contributed by atoms with Crippen LogP contribution in [-0.4, -0.2) is 11.4 Å². The van der Waals surface area contributed by atoms with Crippen LogP contribution in [0.15, 0.2) is 40.8 Å². The average molecular weight is 276 g/mol. The Morgan fingerprint density at radius 2 is 1.90 bits per heavy atom. The lowest BCUT2D eigenvalue weighted by Crippen LogP contribution is -2.50. The maximum atomic E-state index is 12.9. The molecule has 5 heteroatoms. The first-order valence-electron chi connectivity index (χ1n) is 6.28. The van der Waals surface area contributed by atoms with Crippen molar-refractivity contribution < 1.29 is 13.6 Å². The number of nitrogens with two attached hydrogens (primary N) is 1. The zero-order valence-corrected chi connectivity index (χ0v) is 11.4. The number of primary amides is 1. The first-order valence-corrected chi connectivity index (χ1v) is 6.28. The van der Waals surface area contributed by atoms with Crippen LogP contribution in [-0.2, 0) is 11.3 Å². The molecule has 20 heavy (non-hydrogen) atoms. The summed E-state index contributed by atoms with van der Waals surface area (Å²) in [5.74, 6) is 0.616. The van der Waals surface area contributed by atoms with Gasteiger partial charge in [-0.25, -0.2) is 4.39 Å². The highest BCUT2D eigenvalue weighted by Gasteiger charge is 2.24. The van der Waals surface area contributed by atoms with E-state index in [9.17, 15) is 9.18 Å². The molecule has 1 aromatic carbocycles. The SMILES string of the molecule is CC(C)(NCc1ccc(-c2ccc(F)cc2)o1)C(N)=O. The second-order valence-corrected chi connectivity index (χ2v) is 5.12. The molecule has 3 N–H and O–H groups in total. The number of furan rings is 1. The summed E-state index contributed by atoms with van der Waals surface area (Å²) in [6, 6.07) is 9.68. The van der Waals surface area contributed by atoms with Crippen molar-refractivity contribution in [3.63, 3.8) is 0 Å². The molecule has 0 fully saturated rings. The number of rotatable bonds is 5. The fourth-order valence-electron chi connectivity index (χ4n) is 1.64. The minimum Gasteiger partial charge on any atom is -0.460 e. The van der Waals surface area contributed by atoms with Gasteiger partial charge >= 0.3 is 0 Å². The summed E-state index contributed by atoms with van der Waals surface area (Å²) in [5.41, 5.74) is 5.27. The zero-order chi connectivity index (χ0) is 14.8. The zero-order valence-electron chi connectivity index (χ0n) is 11.4. The van der Waals surface area contributed by atoms with Crippen LogP contribution in [0, 0.1) is 5.82 Å². The molecule has 2 aromatic rings. The Hall–Kier alpha value is -2.14. The fraction of sp³-hybridized carbons (Fsp3) is 0.267. The molecule has 0 saturated carbocycles. The number of carbonyl (C=O) groups is 1. The average Bonchev–Trinajstić information content (AvgIpc) is 2.86. The third-order valence-electron chi connectivity index (χ3n) is 3.11. The van der Waals surface area contributed by atoms with Crippen molar-refractivity contribution in [2.75, 3.05) is 0 Å². The number of hydrogen-bond acceptors (Lipinski definition) is 3. The number of carbonyl (C=O) groups excluding carboxylic acids is 1. The van der Waals surface area contributed by atoms with Gasteiger partial charge in [0.25, 0.3) is 0 Å². The summed E-state index contributed by atoms with van der Waals surface area (Å²) >= 11 is 0. The standard InChI is InChI=1S/C15H17FN2O2/c1-15(2,14(17)19)18-9-12-7-8-13(20-12)10-3-5-11(16)6-4-10/h3-8,18H,9H2,1-2H3,(H2,17,19). The molecule has 0 aliphatic heterocycles. The van der Waals surface area contributed by atoms with Crippen LogP contribution in [0.3, 0.4) is 0 Å². The second kappa shape index (κ2) is 5.46. The van der Waals surface area contributed by atoms with E-state index in [0.717, 1.165) is 5.56 Å². The van der Waals surface area contributed by atoms with Gasteiger partial charge in [0.15, 0.2) is 0 Å². The normalized spacial score (nSPS) is 11.6. The number of hydrogen-bond donors (Lipinski definition) is 2. The van der Waals surface area contributed by atoms with Crippen LogP contribution in [0.4, 0.5) is 4.39 Å². The van der Waals surface area contributed by atoms with Crippen molar-refractivity contribution in [3.8, 4) is 11.3 Å². The van der Waals surface area contributed by atoms with Crippen molar-refractivity contribution in [2.24, 2.45) is 5.73 Å². The predicted octanol–water partition coefficient (Wildman–Crippen LogP) is 2.44. The van der Waals surface area contributed by atoms with E-state index in [1.165, 1.54) is 12.1 Å². The summed E-state index contributed by atoms with van der Waals surface area (Å²) in [6.07, 6.45) is 0. The van der Waals surface area contributed by atoms with Gasteiger partial charge in [-0.1, -0.05) is 0 Å². The van der Waals surface area contributed by atoms with Crippen LogP contribution in [0.2, 0.25) is 0 Å². The number of halogens is 1. The van der Waals surface area contributed by atoms with E-state index in [0.29, 0.717) is 18.1 Å². The monoisotopic (exact) mass is 276 g/mol. The molecule has 0 saturated heterocycles. The lowest BCUT2D eigenvalue weighted by Gasteiger charge is -2.21. The first-order chi connectivity index (χ1) is 9.38. The van der Waals surface area contributed by atoms with Crippen LogP contribution in [0.5, 0.6) is 0 Å². The Labute approximate surface area is 116 Å². The molecular weight excluding hydrogens is 259 g/mol. The van der Waals surface area contributed by atoms with Gasteiger partial charge in [-0.3, -0.25) is 10.1 Å². The molecule has 1 amide bonds. The predicted molar refractivity (Wildman–Crippen MR) is 74.2 cm³/mol. The third kappa shape index (κ3) is 3.24. The van der Waals surface area contributed by atoms with Crippen LogP contribution in [0.1, 0.15) is 19.6 Å². The van der Waals surface area contributed by atoms with Crippen molar-refractivity contribution >= 4 is 5.91 Å². The molecule has 0 atom stereocenters. The highest BCUT2D eigenvalue weighted by atomic mass is 19.1. The summed E-state index contributed by atoms with van der Waals surface area (Å²) in [7, 11) is 0. The van der Waals surface area contributed by atoms with Crippen molar-refractivity contribution in [1.82, 2.24) is 5.32 Å². The van der Waals surface area contributed by atoms with Gasteiger partial charge < -0.3 is 10.2 Å². The molecule has 0 unspecified atom stereocenters. The van der Waals surface area contributed by atoms with E-state index in [-0.39, 0.29) is 5.82 Å². The summed E-state index contributed by atoms with van der Waals surface area (Å²) < 4.78 is 18.5. The van der Waals surface area contributed by atoms with Gasteiger partial charge in [0.05, 0.1) is 12.1 Å². The molecule has 1 aromatic heterocycles. The number of amides is 1. The molecular formula is C15H17FN2O2. The summed E-state index contributed by atoms with van der Waals surface area (Å²) in [4.78, 5) is 11.2. The Morgan fingerprint density at radius 3 is 2.50 bits per heavy atom. The van der Waals surface area contributed by atoms with Gasteiger partial charge in [0, 0.05) is 5.56 Å². The number of benzene rings is 1. The lowest BCUT2D eigenvalue weighted by atomic mass is 10.1. The molecule has 0 spiro atoms. The maximum absolute atomic E-state index is 12.9. The van der Waals surface area contributed by atoms with Gasteiger partial charge in [-0.2, -0.15) is 0 Å². The second-order valence-electron chi connectivity index (χ2n) is 5.12. The van der Waals surface area contributed by atoms with E-state index in [1.807, 2.05) is 12.1 Å². The lowest BCUT2D eigenvalue weighted by molar-refractivity contribution is -0.123. The van der Waals surface area contributed by atoms with Crippen LogP contribution >= 0.6 is 0 Å². The van der Waals surface area contributed by atoms with Crippen molar-refractivity contribution in [1.29, 1.82) is 0 Å². The third-order valence-corrected chi connectivity index (χ3v) is 3.11. The van der Waals surface area contributed by atoms with Crippen molar-refractivity contribution in [2.45, 2.75) is 25.9 Å². The molecule has 1 heterocycles. The van der Waals surface area contributed by atoms with Crippen molar-refractivity contribution in [3.05, 3.63) is 48.0 Å². The first kappa shape index (κ1) is 14.3. The molecule has 0 radical (unpaired) electrons. The molecule has 0 aliphatic carbocycles. The van der Waals surface area contributed by atoms with Crippen LogP contribution < -0.4 is 11.1 Å². The van der Waals surface area contributed by atoms with Crippen LogP contribution in [0.25, 0.3) is 11.3 Å². The molecule has 0 aliphatic rings. The molecule has 0 bridgehead atoms. The Morgan fingerprint density at radius 1 is 1.25 bits per heavy atom. The summed E-state index contributed by atoms with van der Waals surface area (Å²) in [5, 5.41) is 3.02. The van der Waals surface area contributed by atoms with E-state index in [4.69, 9.17) is 10.2 Å². The van der Waals surface area contributed by atoms with Gasteiger partial charge in [-0.15, -0.1) is 0 Å². The Kier molecular flexibility index (Phi) is 3.90. The van der Waals surface area contributed by atoms with Gasteiger partial charge in [-0.05, 0) is 50.2 Å². The fourth-order valence-corrected chi connectivity index (χ4v) is 1.64. The van der Waals surface area contributed by atoms with E-state index in [2.05, 4.69) is 5.32 Å². The highest BCUT2D eigenvalue weighted by molar-refractivity contribution is 5.83. The smallest absolute Gasteiger partial charge is 0.237 e. The van der Waals surface area contributed by atoms with E-state index < -0.39 is 11.4 Å². The molecule has 2 rings (SSSR count). The topological polar surface area (TPSA) is 68.3 Å². The maximum Gasteiger partial charge on any atom is 0.237 e. The Bertz CT molecular complexity index is 603. The quantitative estimate of drug-likeness (QED) is 0.881. The largest absolute Gasteiger partial charge is 0.460 e. The molecule has 106 valence electrons. The van der Waals surface area contributed by atoms with E-state index >= 15 is 0 Å². The highest BCUT2D eigenvalue weighted by Crippen LogP contribution is 2.22. The minimum absolute atomic E-state index is 0.287. The number of nitrogens with one attached hydrogen (secondary N) is 1. The van der Waals surface area contributed by atoms with Gasteiger partial charge in [0.2, 0.25) is 5.91 Å². The Balaban J connectivity index is 2.06. The summed E-state index contributed by atoms with van der Waals surface area (Å²) in [6.45, 7) is 3.80. The molecule has 4 nitrogen and oxygen atoms in total. The van der Waals surface area contributed by atoms with E-state index in [1.54, 1.807) is 26.0 Å². The van der Waals surface area contributed by atoms with Gasteiger partial charge in [0.1, 0.15) is 17.3 Å².